The van der Waals surface area contributed by atoms with Crippen LogP contribution in [0.2, 0.25) is 0 Å². The van der Waals surface area contributed by atoms with Crippen LogP contribution in [0.1, 0.15) is 51.4 Å². The second-order valence-electron chi connectivity index (χ2n) is 5.24. The van der Waals surface area contributed by atoms with Gasteiger partial charge in [-0.05, 0) is 31.4 Å². The number of hydrogen-bond acceptors (Lipinski definition) is 1. The van der Waals surface area contributed by atoms with E-state index in [4.69, 9.17) is 0 Å². The number of unbranched alkanes of at least 4 members (excludes halogenated alkanes) is 6. The third-order valence-electron chi connectivity index (χ3n) is 3.57. The Balaban J connectivity index is 2.10. The smallest absolute Gasteiger partial charge is 0.226 e. The van der Waals surface area contributed by atoms with Gasteiger partial charge in [0.25, 0.3) is 0 Å². The van der Waals surface area contributed by atoms with Gasteiger partial charge in [-0.15, -0.1) is 6.58 Å². The zero-order chi connectivity index (χ0) is 14.6. The quantitative estimate of drug-likeness (QED) is 0.436. The van der Waals surface area contributed by atoms with Gasteiger partial charge in [0, 0.05) is 19.2 Å². The molecular formula is C18H27NO. The van der Waals surface area contributed by atoms with Crippen molar-refractivity contribution in [2.75, 3.05) is 11.9 Å². The topological polar surface area (TPSA) is 20.3 Å². The number of benzene rings is 1. The fourth-order valence-electron chi connectivity index (χ4n) is 2.24. The van der Waals surface area contributed by atoms with Gasteiger partial charge in [0.1, 0.15) is 0 Å². The number of para-hydroxylation sites is 1. The highest BCUT2D eigenvalue weighted by atomic mass is 16.2. The molecule has 1 aromatic carbocycles. The average molecular weight is 273 g/mol. The van der Waals surface area contributed by atoms with Gasteiger partial charge >= 0.3 is 0 Å². The first-order valence-electron chi connectivity index (χ1n) is 7.68. The maximum atomic E-state index is 12.0. The van der Waals surface area contributed by atoms with Crippen LogP contribution in [0.4, 0.5) is 5.69 Å². The molecule has 0 fully saturated rings. The van der Waals surface area contributed by atoms with Crippen molar-refractivity contribution in [3.8, 4) is 0 Å². The summed E-state index contributed by atoms with van der Waals surface area (Å²) >= 11 is 0. The van der Waals surface area contributed by atoms with Gasteiger partial charge in [-0.3, -0.25) is 4.79 Å². The van der Waals surface area contributed by atoms with Crippen LogP contribution in [0.25, 0.3) is 0 Å². The first kappa shape index (κ1) is 16.5. The van der Waals surface area contributed by atoms with Crippen molar-refractivity contribution >= 4 is 11.6 Å². The molecule has 0 aromatic heterocycles. The maximum absolute atomic E-state index is 12.0. The Morgan fingerprint density at radius 1 is 1.05 bits per heavy atom. The number of allylic oxidation sites excluding steroid dienone is 1. The Labute approximate surface area is 123 Å². The van der Waals surface area contributed by atoms with Crippen LogP contribution < -0.4 is 4.90 Å². The minimum absolute atomic E-state index is 0.211. The molecule has 0 N–H and O–H groups in total. The molecule has 110 valence electrons. The number of carbonyl (C=O) groups excluding carboxylic acids is 1. The van der Waals surface area contributed by atoms with Crippen LogP contribution in [0.5, 0.6) is 0 Å². The van der Waals surface area contributed by atoms with E-state index in [0.29, 0.717) is 6.42 Å². The number of nitrogens with zero attached hydrogens (tertiary/aromatic N) is 1. The monoisotopic (exact) mass is 273 g/mol. The molecule has 2 heteroatoms. The normalized spacial score (nSPS) is 10.2. The van der Waals surface area contributed by atoms with Crippen molar-refractivity contribution < 1.29 is 4.79 Å². The van der Waals surface area contributed by atoms with Crippen molar-refractivity contribution in [3.63, 3.8) is 0 Å². The van der Waals surface area contributed by atoms with E-state index in [1.807, 2.05) is 43.5 Å². The molecule has 1 aromatic rings. The van der Waals surface area contributed by atoms with Crippen molar-refractivity contribution in [3.05, 3.63) is 43.0 Å². The lowest BCUT2D eigenvalue weighted by molar-refractivity contribution is -0.118. The van der Waals surface area contributed by atoms with Gasteiger partial charge in [-0.1, -0.05) is 50.0 Å². The largest absolute Gasteiger partial charge is 0.316 e. The fourth-order valence-corrected chi connectivity index (χ4v) is 2.24. The van der Waals surface area contributed by atoms with Crippen LogP contribution in [-0.4, -0.2) is 13.0 Å². The summed E-state index contributed by atoms with van der Waals surface area (Å²) in [6.07, 6.45) is 11.0. The highest BCUT2D eigenvalue weighted by molar-refractivity contribution is 5.92. The summed E-state index contributed by atoms with van der Waals surface area (Å²) in [5.74, 6) is 0.211. The van der Waals surface area contributed by atoms with E-state index in [-0.39, 0.29) is 5.91 Å². The number of rotatable bonds is 10. The molecule has 0 heterocycles. The lowest BCUT2D eigenvalue weighted by Gasteiger charge is -2.17. The molecule has 0 spiro atoms. The number of hydrogen-bond donors (Lipinski definition) is 0. The summed E-state index contributed by atoms with van der Waals surface area (Å²) < 4.78 is 0. The molecule has 0 bridgehead atoms. The van der Waals surface area contributed by atoms with Crippen LogP contribution in [0, 0.1) is 0 Å². The molecule has 2 nitrogen and oxygen atoms in total. The van der Waals surface area contributed by atoms with E-state index >= 15 is 0 Å². The number of amides is 1. The van der Waals surface area contributed by atoms with Gasteiger partial charge in [0.15, 0.2) is 0 Å². The van der Waals surface area contributed by atoms with Crippen molar-refractivity contribution in [2.45, 2.75) is 51.4 Å². The second kappa shape index (κ2) is 10.2. The summed E-state index contributed by atoms with van der Waals surface area (Å²) in [6.45, 7) is 3.73. The van der Waals surface area contributed by atoms with E-state index in [9.17, 15) is 4.79 Å². The molecule has 0 saturated heterocycles. The van der Waals surface area contributed by atoms with E-state index in [0.717, 1.165) is 24.9 Å². The van der Waals surface area contributed by atoms with Crippen LogP contribution in [0.15, 0.2) is 43.0 Å². The second-order valence-corrected chi connectivity index (χ2v) is 5.24. The molecule has 0 saturated carbocycles. The summed E-state index contributed by atoms with van der Waals surface area (Å²) in [6, 6.07) is 9.83. The molecule has 0 radical (unpaired) electrons. The molecule has 0 aliphatic rings. The summed E-state index contributed by atoms with van der Waals surface area (Å²) in [7, 11) is 1.85. The SMILES string of the molecule is C=CCCCCCCCCC(=O)N(C)c1ccccc1. The zero-order valence-corrected chi connectivity index (χ0v) is 12.7. The molecule has 0 aliphatic heterocycles. The van der Waals surface area contributed by atoms with E-state index in [1.54, 1.807) is 4.90 Å². The predicted molar refractivity (Wildman–Crippen MR) is 87.0 cm³/mol. The Kier molecular flexibility index (Phi) is 8.44. The van der Waals surface area contributed by atoms with Crippen molar-refractivity contribution in [2.24, 2.45) is 0 Å². The Hall–Kier alpha value is -1.57. The summed E-state index contributed by atoms with van der Waals surface area (Å²) in [5.41, 5.74) is 0.974. The van der Waals surface area contributed by atoms with Gasteiger partial charge < -0.3 is 4.90 Å². The average Bonchev–Trinajstić information content (AvgIpc) is 2.50. The highest BCUT2D eigenvalue weighted by Crippen LogP contribution is 2.14. The van der Waals surface area contributed by atoms with Gasteiger partial charge in [0.05, 0.1) is 0 Å². The lowest BCUT2D eigenvalue weighted by Crippen LogP contribution is -2.25. The predicted octanol–water partition coefficient (Wildman–Crippen LogP) is 4.96. The Morgan fingerprint density at radius 3 is 2.30 bits per heavy atom. The van der Waals surface area contributed by atoms with Gasteiger partial charge in [-0.2, -0.15) is 0 Å². The summed E-state index contributed by atoms with van der Waals surface area (Å²) in [5, 5.41) is 0. The number of anilines is 1. The zero-order valence-electron chi connectivity index (χ0n) is 12.7. The van der Waals surface area contributed by atoms with Crippen molar-refractivity contribution in [1.29, 1.82) is 0 Å². The minimum Gasteiger partial charge on any atom is -0.316 e. The van der Waals surface area contributed by atoms with Gasteiger partial charge in [-0.25, -0.2) is 0 Å². The fraction of sp³-hybridized carbons (Fsp3) is 0.500. The van der Waals surface area contributed by atoms with Crippen LogP contribution in [0.3, 0.4) is 0 Å². The van der Waals surface area contributed by atoms with Crippen molar-refractivity contribution in [1.82, 2.24) is 0 Å². The highest BCUT2D eigenvalue weighted by Gasteiger charge is 2.09. The third kappa shape index (κ3) is 6.55. The van der Waals surface area contributed by atoms with E-state index < -0.39 is 0 Å². The van der Waals surface area contributed by atoms with E-state index in [2.05, 4.69) is 6.58 Å². The summed E-state index contributed by atoms with van der Waals surface area (Å²) in [4.78, 5) is 13.8. The molecule has 20 heavy (non-hydrogen) atoms. The molecule has 0 atom stereocenters. The standard InChI is InChI=1S/C18H27NO/c1-3-4-5-6-7-8-9-13-16-18(20)19(2)17-14-11-10-12-15-17/h3,10-12,14-15H,1,4-9,13,16H2,2H3. The maximum Gasteiger partial charge on any atom is 0.226 e. The van der Waals surface area contributed by atoms with E-state index in [1.165, 1.54) is 25.7 Å². The molecular weight excluding hydrogens is 246 g/mol. The Bertz CT molecular complexity index is 386. The number of carbonyl (C=O) groups is 1. The lowest BCUT2D eigenvalue weighted by atomic mass is 10.1. The molecule has 1 amide bonds. The van der Waals surface area contributed by atoms with Gasteiger partial charge in [0.2, 0.25) is 5.91 Å². The first-order chi connectivity index (χ1) is 9.75. The molecule has 0 unspecified atom stereocenters. The van der Waals surface area contributed by atoms with Crippen LogP contribution >= 0.6 is 0 Å². The Morgan fingerprint density at radius 2 is 1.65 bits per heavy atom. The third-order valence-corrected chi connectivity index (χ3v) is 3.57. The van der Waals surface area contributed by atoms with Crippen LogP contribution in [-0.2, 0) is 4.79 Å². The first-order valence-corrected chi connectivity index (χ1v) is 7.68. The minimum atomic E-state index is 0.211. The molecule has 0 aliphatic carbocycles. The molecule has 1 rings (SSSR count).